The van der Waals surface area contributed by atoms with Crippen LogP contribution in [0.3, 0.4) is 0 Å². The summed E-state index contributed by atoms with van der Waals surface area (Å²) in [7, 11) is -1.79. The third-order valence-electron chi connectivity index (χ3n) is 2.00. The van der Waals surface area contributed by atoms with Gasteiger partial charge in [0.15, 0.2) is 0 Å². The second-order valence-corrected chi connectivity index (χ2v) is 5.08. The van der Waals surface area contributed by atoms with Gasteiger partial charge in [0.1, 0.15) is 0 Å². The maximum Gasteiger partial charge on any atom is 0.215 e. The van der Waals surface area contributed by atoms with Crippen LogP contribution in [0.5, 0.6) is 0 Å². The zero-order valence-corrected chi connectivity index (χ0v) is 11.1. The van der Waals surface area contributed by atoms with E-state index in [0.717, 1.165) is 11.1 Å². The molecular formula is C11H20N2O2S. The van der Waals surface area contributed by atoms with E-state index in [1.807, 2.05) is 20.8 Å². The SMILES string of the molecule is CC.CNS(=O)(=O)Cc1ccc(N)c(C)c1. The summed E-state index contributed by atoms with van der Waals surface area (Å²) in [6.45, 7) is 5.85. The van der Waals surface area contributed by atoms with Gasteiger partial charge in [-0.1, -0.05) is 26.0 Å². The summed E-state index contributed by atoms with van der Waals surface area (Å²) in [6, 6.07) is 5.22. The Morgan fingerprint density at radius 1 is 1.31 bits per heavy atom. The van der Waals surface area contributed by atoms with Crippen molar-refractivity contribution in [2.24, 2.45) is 0 Å². The maximum absolute atomic E-state index is 11.2. The molecule has 0 unspecified atom stereocenters. The van der Waals surface area contributed by atoms with Crippen LogP contribution in [0.25, 0.3) is 0 Å². The smallest absolute Gasteiger partial charge is 0.215 e. The molecule has 16 heavy (non-hydrogen) atoms. The highest BCUT2D eigenvalue weighted by molar-refractivity contribution is 7.88. The third-order valence-corrected chi connectivity index (χ3v) is 3.34. The van der Waals surface area contributed by atoms with Crippen molar-refractivity contribution in [1.29, 1.82) is 0 Å². The van der Waals surface area contributed by atoms with Gasteiger partial charge in [-0.05, 0) is 31.2 Å². The van der Waals surface area contributed by atoms with Crippen LogP contribution in [-0.4, -0.2) is 15.5 Å². The van der Waals surface area contributed by atoms with Crippen molar-refractivity contribution < 1.29 is 8.42 Å². The summed E-state index contributed by atoms with van der Waals surface area (Å²) in [6.07, 6.45) is 0. The van der Waals surface area contributed by atoms with Gasteiger partial charge in [0.2, 0.25) is 10.0 Å². The minimum absolute atomic E-state index is 0.00931. The number of nitrogens with one attached hydrogen (secondary N) is 1. The van der Waals surface area contributed by atoms with Crippen molar-refractivity contribution >= 4 is 15.7 Å². The number of benzene rings is 1. The third kappa shape index (κ3) is 4.63. The zero-order valence-electron chi connectivity index (χ0n) is 10.2. The van der Waals surface area contributed by atoms with Gasteiger partial charge in [0, 0.05) is 5.69 Å². The van der Waals surface area contributed by atoms with Gasteiger partial charge in [-0.2, -0.15) is 0 Å². The largest absolute Gasteiger partial charge is 0.399 e. The number of hydrogen-bond acceptors (Lipinski definition) is 3. The Bertz CT molecular complexity index is 428. The molecule has 0 aromatic heterocycles. The molecule has 0 heterocycles. The van der Waals surface area contributed by atoms with E-state index in [4.69, 9.17) is 5.73 Å². The number of nitrogens with two attached hydrogens (primary N) is 1. The lowest BCUT2D eigenvalue weighted by molar-refractivity contribution is 0.587. The highest BCUT2D eigenvalue weighted by Gasteiger charge is 2.08. The zero-order chi connectivity index (χ0) is 12.8. The fourth-order valence-electron chi connectivity index (χ4n) is 1.12. The molecule has 0 saturated heterocycles. The molecular weight excluding hydrogens is 224 g/mol. The summed E-state index contributed by atoms with van der Waals surface area (Å²) in [5.41, 5.74) is 7.94. The minimum atomic E-state index is -3.19. The average Bonchev–Trinajstić information content (AvgIpc) is 2.26. The van der Waals surface area contributed by atoms with Gasteiger partial charge in [0.25, 0.3) is 0 Å². The van der Waals surface area contributed by atoms with Gasteiger partial charge in [-0.15, -0.1) is 0 Å². The Morgan fingerprint density at radius 2 is 1.88 bits per heavy atom. The monoisotopic (exact) mass is 244 g/mol. The average molecular weight is 244 g/mol. The topological polar surface area (TPSA) is 72.2 Å². The van der Waals surface area contributed by atoms with Crippen LogP contribution in [0.15, 0.2) is 18.2 Å². The summed E-state index contributed by atoms with van der Waals surface area (Å²) >= 11 is 0. The van der Waals surface area contributed by atoms with Crippen molar-refractivity contribution in [3.05, 3.63) is 29.3 Å². The Kier molecular flexibility index (Phi) is 6.06. The van der Waals surface area contributed by atoms with Crippen molar-refractivity contribution in [2.45, 2.75) is 26.5 Å². The number of anilines is 1. The van der Waals surface area contributed by atoms with Crippen LogP contribution in [-0.2, 0) is 15.8 Å². The first kappa shape index (κ1) is 14.9. The maximum atomic E-state index is 11.2. The van der Waals surface area contributed by atoms with Crippen LogP contribution in [0.2, 0.25) is 0 Å². The first-order valence-electron chi connectivity index (χ1n) is 5.21. The summed E-state index contributed by atoms with van der Waals surface area (Å²) in [5, 5.41) is 0. The predicted molar refractivity (Wildman–Crippen MR) is 68.6 cm³/mol. The first-order valence-corrected chi connectivity index (χ1v) is 6.86. The Hall–Kier alpha value is -1.07. The molecule has 1 aromatic rings. The number of aryl methyl sites for hydroxylation is 1. The van der Waals surface area contributed by atoms with Crippen molar-refractivity contribution in [3.8, 4) is 0 Å². The standard InChI is InChI=1S/C9H14N2O2S.C2H6/c1-7-5-8(3-4-9(7)10)6-14(12,13)11-2;1-2/h3-5,11H,6,10H2,1-2H3;1-2H3. The molecule has 0 spiro atoms. The molecule has 0 bridgehead atoms. The van der Waals surface area contributed by atoms with Gasteiger partial charge in [-0.25, -0.2) is 13.1 Å². The second-order valence-electron chi connectivity index (χ2n) is 3.15. The van der Waals surface area contributed by atoms with Crippen molar-refractivity contribution in [2.75, 3.05) is 12.8 Å². The molecule has 0 aliphatic rings. The molecule has 92 valence electrons. The van der Waals surface area contributed by atoms with Crippen LogP contribution in [0.4, 0.5) is 5.69 Å². The number of nitrogen functional groups attached to an aromatic ring is 1. The summed E-state index contributed by atoms with van der Waals surface area (Å²) in [4.78, 5) is 0. The van der Waals surface area contributed by atoms with E-state index in [9.17, 15) is 8.42 Å². The predicted octanol–water partition coefficient (Wildman–Crippen LogP) is 1.65. The van der Waals surface area contributed by atoms with Crippen LogP contribution >= 0.6 is 0 Å². The highest BCUT2D eigenvalue weighted by atomic mass is 32.2. The molecule has 0 saturated carbocycles. The van der Waals surface area contributed by atoms with Crippen LogP contribution in [0, 0.1) is 6.92 Å². The molecule has 4 nitrogen and oxygen atoms in total. The molecule has 0 aliphatic heterocycles. The van der Waals surface area contributed by atoms with E-state index in [-0.39, 0.29) is 5.75 Å². The molecule has 1 rings (SSSR count). The molecule has 0 atom stereocenters. The van der Waals surface area contributed by atoms with Gasteiger partial charge >= 0.3 is 0 Å². The van der Waals surface area contributed by atoms with Crippen LogP contribution in [0.1, 0.15) is 25.0 Å². The quantitative estimate of drug-likeness (QED) is 0.794. The molecule has 5 heteroatoms. The lowest BCUT2D eigenvalue weighted by Gasteiger charge is -2.05. The number of rotatable bonds is 3. The molecule has 0 fully saturated rings. The highest BCUT2D eigenvalue weighted by Crippen LogP contribution is 2.14. The van der Waals surface area contributed by atoms with E-state index in [1.54, 1.807) is 18.2 Å². The minimum Gasteiger partial charge on any atom is -0.399 e. The number of hydrogen-bond donors (Lipinski definition) is 2. The lowest BCUT2D eigenvalue weighted by Crippen LogP contribution is -2.20. The first-order chi connectivity index (χ1) is 7.44. The molecule has 0 amide bonds. The van der Waals surface area contributed by atoms with E-state index < -0.39 is 10.0 Å². The fraction of sp³-hybridized carbons (Fsp3) is 0.455. The van der Waals surface area contributed by atoms with Gasteiger partial charge in [-0.3, -0.25) is 0 Å². The van der Waals surface area contributed by atoms with E-state index >= 15 is 0 Å². The van der Waals surface area contributed by atoms with Crippen molar-refractivity contribution in [3.63, 3.8) is 0 Å². The lowest BCUT2D eigenvalue weighted by atomic mass is 10.1. The molecule has 0 aliphatic carbocycles. The Labute approximate surface area is 97.9 Å². The Morgan fingerprint density at radius 3 is 2.31 bits per heavy atom. The van der Waals surface area contributed by atoms with E-state index in [2.05, 4.69) is 4.72 Å². The summed E-state index contributed by atoms with van der Waals surface area (Å²) in [5.74, 6) is -0.00931. The normalized spacial score (nSPS) is 10.5. The molecule has 0 radical (unpaired) electrons. The van der Waals surface area contributed by atoms with Crippen LogP contribution < -0.4 is 10.5 Å². The van der Waals surface area contributed by atoms with Gasteiger partial charge in [0.05, 0.1) is 5.75 Å². The van der Waals surface area contributed by atoms with E-state index in [0.29, 0.717) is 5.69 Å². The summed E-state index contributed by atoms with van der Waals surface area (Å²) < 4.78 is 24.7. The second kappa shape index (κ2) is 6.50. The van der Waals surface area contributed by atoms with Gasteiger partial charge < -0.3 is 5.73 Å². The van der Waals surface area contributed by atoms with Crippen molar-refractivity contribution in [1.82, 2.24) is 4.72 Å². The van der Waals surface area contributed by atoms with E-state index in [1.165, 1.54) is 7.05 Å². The number of sulfonamides is 1. The fourth-order valence-corrected chi connectivity index (χ4v) is 1.88. The Balaban J connectivity index is 0.00000106. The molecule has 1 aromatic carbocycles. The molecule has 3 N–H and O–H groups in total.